The van der Waals surface area contributed by atoms with E-state index in [0.29, 0.717) is 6.54 Å². The average molecular weight is 397 g/mol. The van der Waals surface area contributed by atoms with Gasteiger partial charge in [-0.3, -0.25) is 9.69 Å². The van der Waals surface area contributed by atoms with Crippen molar-refractivity contribution < 1.29 is 13.9 Å². The number of fused-ring (bicyclic) bond motifs is 1. The molecule has 6 heteroatoms. The normalized spacial score (nSPS) is 17.6. The van der Waals surface area contributed by atoms with Crippen molar-refractivity contribution >= 4 is 17.3 Å². The van der Waals surface area contributed by atoms with E-state index in [9.17, 15) is 9.18 Å². The second-order valence-corrected chi connectivity index (χ2v) is 7.74. The van der Waals surface area contributed by atoms with E-state index in [2.05, 4.69) is 9.80 Å². The topological polar surface area (TPSA) is 36.0 Å². The van der Waals surface area contributed by atoms with E-state index in [4.69, 9.17) is 4.74 Å². The molecule has 0 aliphatic carbocycles. The van der Waals surface area contributed by atoms with Crippen LogP contribution < -0.4 is 14.5 Å². The van der Waals surface area contributed by atoms with E-state index in [1.807, 2.05) is 35.2 Å². The van der Waals surface area contributed by atoms with Gasteiger partial charge in [0, 0.05) is 44.1 Å². The van der Waals surface area contributed by atoms with Crippen molar-refractivity contribution in [2.75, 3.05) is 56.2 Å². The summed E-state index contributed by atoms with van der Waals surface area (Å²) < 4.78 is 18.5. The first-order chi connectivity index (χ1) is 14.1. The lowest BCUT2D eigenvalue weighted by Crippen LogP contribution is -2.43. The molecule has 5 nitrogen and oxygen atoms in total. The van der Waals surface area contributed by atoms with Crippen molar-refractivity contribution in [1.29, 1.82) is 0 Å². The van der Waals surface area contributed by atoms with E-state index >= 15 is 0 Å². The van der Waals surface area contributed by atoms with Crippen LogP contribution in [0.3, 0.4) is 0 Å². The fraction of sp³-hybridized carbons (Fsp3) is 0.435. The lowest BCUT2D eigenvalue weighted by atomic mass is 10.0. The van der Waals surface area contributed by atoms with Gasteiger partial charge in [0.2, 0.25) is 5.91 Å². The Balaban J connectivity index is 1.39. The van der Waals surface area contributed by atoms with Crippen LogP contribution >= 0.6 is 0 Å². The summed E-state index contributed by atoms with van der Waals surface area (Å²) in [7, 11) is 1.67. The van der Waals surface area contributed by atoms with E-state index in [0.717, 1.165) is 69.1 Å². The summed E-state index contributed by atoms with van der Waals surface area (Å²) in [4.78, 5) is 19.5. The molecule has 0 aromatic heterocycles. The summed E-state index contributed by atoms with van der Waals surface area (Å²) >= 11 is 0. The number of benzene rings is 2. The quantitative estimate of drug-likeness (QED) is 0.793. The molecule has 0 saturated carbocycles. The molecule has 1 amide bonds. The van der Waals surface area contributed by atoms with Crippen molar-refractivity contribution in [3.8, 4) is 5.75 Å². The molecule has 2 aromatic carbocycles. The Morgan fingerprint density at radius 2 is 1.83 bits per heavy atom. The van der Waals surface area contributed by atoms with E-state index in [-0.39, 0.29) is 11.7 Å². The second-order valence-electron chi connectivity index (χ2n) is 7.74. The Morgan fingerprint density at radius 1 is 1.00 bits per heavy atom. The number of amides is 1. The number of methoxy groups -OCH3 is 1. The van der Waals surface area contributed by atoms with Gasteiger partial charge in [-0.2, -0.15) is 0 Å². The molecule has 0 atom stereocenters. The summed E-state index contributed by atoms with van der Waals surface area (Å²) in [6, 6.07) is 12.6. The van der Waals surface area contributed by atoms with Crippen LogP contribution in [0, 0.1) is 5.82 Å². The van der Waals surface area contributed by atoms with Gasteiger partial charge >= 0.3 is 0 Å². The number of carbonyl (C=O) groups is 1. The van der Waals surface area contributed by atoms with Gasteiger partial charge in [-0.1, -0.05) is 0 Å². The number of nitrogens with zero attached hydrogens (tertiary/aromatic N) is 3. The lowest BCUT2D eigenvalue weighted by molar-refractivity contribution is -0.119. The zero-order valence-corrected chi connectivity index (χ0v) is 16.9. The number of aryl methyl sites for hydroxylation is 1. The molecule has 2 aliphatic rings. The number of carbonyl (C=O) groups excluding carboxylic acids is 1. The van der Waals surface area contributed by atoms with Crippen LogP contribution in [0.2, 0.25) is 0 Å². The van der Waals surface area contributed by atoms with Crippen LogP contribution in [0.25, 0.3) is 0 Å². The number of hydrogen-bond donors (Lipinski definition) is 0. The summed E-state index contributed by atoms with van der Waals surface area (Å²) in [5, 5.41) is 0. The Bertz CT molecular complexity index is 856. The maximum atomic E-state index is 13.2. The van der Waals surface area contributed by atoms with Crippen molar-refractivity contribution in [3.63, 3.8) is 0 Å². The summed E-state index contributed by atoms with van der Waals surface area (Å²) in [6.45, 7) is 4.69. The molecule has 2 aromatic rings. The number of ether oxygens (including phenoxy) is 1. The summed E-state index contributed by atoms with van der Waals surface area (Å²) in [5.74, 6) is 0.785. The first kappa shape index (κ1) is 19.7. The molecule has 29 heavy (non-hydrogen) atoms. The maximum Gasteiger partial charge on any atom is 0.241 e. The molecule has 0 N–H and O–H groups in total. The molecule has 0 unspecified atom stereocenters. The summed E-state index contributed by atoms with van der Waals surface area (Å²) in [6.07, 6.45) is 2.94. The highest BCUT2D eigenvalue weighted by atomic mass is 19.1. The molecular weight excluding hydrogens is 369 g/mol. The second kappa shape index (κ2) is 8.82. The van der Waals surface area contributed by atoms with E-state index in [1.54, 1.807) is 7.11 Å². The van der Waals surface area contributed by atoms with Crippen LogP contribution in [0.4, 0.5) is 15.8 Å². The largest absolute Gasteiger partial charge is 0.497 e. The minimum atomic E-state index is -0.213. The molecule has 1 fully saturated rings. The Morgan fingerprint density at radius 3 is 2.62 bits per heavy atom. The van der Waals surface area contributed by atoms with Crippen LogP contribution in [0.5, 0.6) is 5.75 Å². The minimum absolute atomic E-state index is 0.159. The van der Waals surface area contributed by atoms with E-state index in [1.165, 1.54) is 17.7 Å². The van der Waals surface area contributed by atoms with Gasteiger partial charge in [0.1, 0.15) is 11.6 Å². The van der Waals surface area contributed by atoms with Crippen LogP contribution in [0.15, 0.2) is 42.5 Å². The zero-order chi connectivity index (χ0) is 20.2. The number of rotatable bonds is 4. The van der Waals surface area contributed by atoms with Gasteiger partial charge in [0.25, 0.3) is 0 Å². The van der Waals surface area contributed by atoms with Crippen LogP contribution in [-0.4, -0.2) is 57.2 Å². The highest BCUT2D eigenvalue weighted by Gasteiger charge is 2.25. The third-order valence-electron chi connectivity index (χ3n) is 5.85. The smallest absolute Gasteiger partial charge is 0.241 e. The highest BCUT2D eigenvalue weighted by Crippen LogP contribution is 2.30. The Labute approximate surface area is 171 Å². The number of anilines is 2. The molecule has 1 saturated heterocycles. The molecule has 2 aliphatic heterocycles. The van der Waals surface area contributed by atoms with Gasteiger partial charge in [-0.25, -0.2) is 4.39 Å². The fourth-order valence-electron chi connectivity index (χ4n) is 4.28. The third kappa shape index (κ3) is 4.53. The zero-order valence-electron chi connectivity index (χ0n) is 16.9. The predicted molar refractivity (Wildman–Crippen MR) is 113 cm³/mol. The standard InChI is InChI=1S/C23H28FN3O2/c1-29-21-9-10-22-18(16-21)4-2-13-27(22)23(28)17-25-11-3-12-26(15-14-25)20-7-5-19(24)6-8-20/h5-10,16H,2-4,11-15,17H2,1H3. The van der Waals surface area contributed by atoms with Crippen molar-refractivity contribution in [3.05, 3.63) is 53.8 Å². The maximum absolute atomic E-state index is 13.2. The lowest BCUT2D eigenvalue weighted by Gasteiger charge is -2.32. The fourth-order valence-corrected chi connectivity index (χ4v) is 4.28. The Hall–Kier alpha value is -2.60. The molecule has 0 bridgehead atoms. The molecule has 4 rings (SSSR count). The SMILES string of the molecule is COc1ccc2c(c1)CCCN2C(=O)CN1CCCN(c2ccc(F)cc2)CC1. The van der Waals surface area contributed by atoms with Gasteiger partial charge in [-0.15, -0.1) is 0 Å². The molecule has 154 valence electrons. The third-order valence-corrected chi connectivity index (χ3v) is 5.85. The van der Waals surface area contributed by atoms with Crippen molar-refractivity contribution in [1.82, 2.24) is 4.90 Å². The summed E-state index contributed by atoms with van der Waals surface area (Å²) in [5.41, 5.74) is 3.24. The van der Waals surface area contributed by atoms with Crippen LogP contribution in [0.1, 0.15) is 18.4 Å². The van der Waals surface area contributed by atoms with Gasteiger partial charge in [-0.05, 0) is 67.3 Å². The predicted octanol–water partition coefficient (Wildman–Crippen LogP) is 3.33. The van der Waals surface area contributed by atoms with Crippen LogP contribution in [-0.2, 0) is 11.2 Å². The first-order valence-corrected chi connectivity index (χ1v) is 10.3. The highest BCUT2D eigenvalue weighted by molar-refractivity contribution is 5.96. The van der Waals surface area contributed by atoms with Gasteiger partial charge in [0.15, 0.2) is 0 Å². The first-order valence-electron chi connectivity index (χ1n) is 10.3. The molecule has 2 heterocycles. The minimum Gasteiger partial charge on any atom is -0.497 e. The van der Waals surface area contributed by atoms with E-state index < -0.39 is 0 Å². The molecule has 0 radical (unpaired) electrons. The number of halogens is 1. The van der Waals surface area contributed by atoms with Crippen molar-refractivity contribution in [2.45, 2.75) is 19.3 Å². The Kier molecular flexibility index (Phi) is 6.00. The average Bonchev–Trinajstić information content (AvgIpc) is 2.99. The molecule has 0 spiro atoms. The molecular formula is C23H28FN3O2. The van der Waals surface area contributed by atoms with Gasteiger partial charge < -0.3 is 14.5 Å². The monoisotopic (exact) mass is 397 g/mol. The van der Waals surface area contributed by atoms with Gasteiger partial charge in [0.05, 0.1) is 13.7 Å². The van der Waals surface area contributed by atoms with Crippen molar-refractivity contribution in [2.24, 2.45) is 0 Å². The number of hydrogen-bond acceptors (Lipinski definition) is 4.